The van der Waals surface area contributed by atoms with Crippen LogP contribution in [0, 0.1) is 0 Å². The van der Waals surface area contributed by atoms with Gasteiger partial charge in [0.2, 0.25) is 5.75 Å². The second-order valence-corrected chi connectivity index (χ2v) is 7.28. The molecule has 1 saturated heterocycles. The molecule has 0 amide bonds. The van der Waals surface area contributed by atoms with E-state index in [9.17, 15) is 5.11 Å². The van der Waals surface area contributed by atoms with Crippen molar-refractivity contribution in [3.8, 4) is 23.0 Å². The largest absolute Gasteiger partial charge is 0.502 e. The zero-order valence-corrected chi connectivity index (χ0v) is 17.1. The molecule has 1 heterocycles. The monoisotopic (exact) mass is 388 g/mol. The Hall–Kier alpha value is -2.44. The fraction of sp³-hybridized carbons (Fsp3) is 0.455. The maximum Gasteiger partial charge on any atom is 0.200 e. The Labute approximate surface area is 167 Å². The lowest BCUT2D eigenvalue weighted by atomic mass is 10.1. The number of benzene rings is 2. The van der Waals surface area contributed by atoms with Gasteiger partial charge >= 0.3 is 0 Å². The second-order valence-electron chi connectivity index (χ2n) is 7.28. The Morgan fingerprint density at radius 2 is 1.32 bits per heavy atom. The average molecular weight is 389 g/mol. The van der Waals surface area contributed by atoms with Gasteiger partial charge in [0.25, 0.3) is 0 Å². The van der Waals surface area contributed by atoms with Gasteiger partial charge in [-0.2, -0.15) is 0 Å². The molecule has 0 radical (unpaired) electrons. The number of aromatic hydroxyl groups is 1. The van der Waals surface area contributed by atoms with E-state index in [0.717, 1.165) is 50.6 Å². The molecule has 6 nitrogen and oxygen atoms in total. The molecular weight excluding hydrogens is 356 g/mol. The van der Waals surface area contributed by atoms with Crippen LogP contribution in [0.25, 0.3) is 0 Å². The van der Waals surface area contributed by atoms with Crippen molar-refractivity contribution >= 4 is 0 Å². The lowest BCUT2D eigenvalue weighted by Gasteiger charge is -2.30. The quantitative estimate of drug-likeness (QED) is 0.609. The molecule has 0 saturated carbocycles. The minimum Gasteiger partial charge on any atom is -0.502 e. The number of rotatable bonds is 8. The van der Waals surface area contributed by atoms with E-state index in [1.807, 2.05) is 19.1 Å². The predicted molar refractivity (Wildman–Crippen MR) is 108 cm³/mol. The number of hydrogen-bond donors (Lipinski definition) is 3. The van der Waals surface area contributed by atoms with Crippen LogP contribution in [-0.4, -0.2) is 52.1 Å². The summed E-state index contributed by atoms with van der Waals surface area (Å²) in [7, 11) is 3.13. The molecule has 1 aliphatic rings. The number of ether oxygens (including phenoxy) is 3. The molecule has 1 aliphatic heterocycles. The number of hydrogen-bond acceptors (Lipinski definition) is 4. The average Bonchev–Trinajstić information content (AvgIpc) is 2.72. The van der Waals surface area contributed by atoms with Crippen LogP contribution in [0.5, 0.6) is 23.0 Å². The van der Waals surface area contributed by atoms with Gasteiger partial charge in [-0.05, 0) is 43.3 Å². The van der Waals surface area contributed by atoms with Crippen LogP contribution in [0.2, 0.25) is 0 Å². The summed E-state index contributed by atoms with van der Waals surface area (Å²) in [6, 6.07) is 12.3. The summed E-state index contributed by atoms with van der Waals surface area (Å²) >= 11 is 0. The van der Waals surface area contributed by atoms with Crippen LogP contribution < -0.4 is 24.0 Å². The van der Waals surface area contributed by atoms with Gasteiger partial charge in [0.15, 0.2) is 11.5 Å². The van der Waals surface area contributed by atoms with Crippen LogP contribution >= 0.6 is 0 Å². The Balaban J connectivity index is 1.53. The highest BCUT2D eigenvalue weighted by atomic mass is 16.5. The summed E-state index contributed by atoms with van der Waals surface area (Å²) in [5, 5.41) is 10.1. The number of phenolic OH excluding ortho intramolecular Hbond substituents is 1. The summed E-state index contributed by atoms with van der Waals surface area (Å²) in [6.45, 7) is 9.21. The summed E-state index contributed by atoms with van der Waals surface area (Å²) < 4.78 is 16.1. The van der Waals surface area contributed by atoms with Crippen LogP contribution in [0.3, 0.4) is 0 Å². The summed E-state index contributed by atoms with van der Waals surface area (Å²) in [5.41, 5.74) is 2.48. The summed E-state index contributed by atoms with van der Waals surface area (Å²) in [4.78, 5) is 3.17. The number of nitrogens with one attached hydrogen (secondary N) is 2. The first-order chi connectivity index (χ1) is 13.6. The highest BCUT2D eigenvalue weighted by Gasteiger charge is 2.24. The van der Waals surface area contributed by atoms with E-state index in [-0.39, 0.29) is 5.75 Å². The molecule has 28 heavy (non-hydrogen) atoms. The van der Waals surface area contributed by atoms with Crippen LogP contribution in [0.4, 0.5) is 0 Å². The maximum atomic E-state index is 10.1. The van der Waals surface area contributed by atoms with Crippen LogP contribution in [0.15, 0.2) is 36.4 Å². The standard InChI is InChI=1S/C22H30N2O4/c1-4-28-19-7-5-17(6-8-19)15-23-9-11-24(12-10-23)16-18-13-20(26-2)22(25)21(14-18)27-3/h5-8,13-14,25H,4,9-12,15-16H2,1-3H3/p+2. The van der Waals surface area contributed by atoms with E-state index in [0.29, 0.717) is 18.1 Å². The van der Waals surface area contributed by atoms with Crippen LogP contribution in [-0.2, 0) is 13.1 Å². The molecule has 152 valence electrons. The van der Waals surface area contributed by atoms with Gasteiger partial charge < -0.3 is 29.1 Å². The third-order valence-electron chi connectivity index (χ3n) is 5.35. The molecule has 0 unspecified atom stereocenters. The van der Waals surface area contributed by atoms with E-state index in [1.54, 1.807) is 24.0 Å². The molecule has 2 aromatic carbocycles. The number of methoxy groups -OCH3 is 2. The SMILES string of the molecule is CCOc1ccc(C[NH+]2CC[NH+](Cc3cc(OC)c(O)c(OC)c3)CC2)cc1. The molecule has 0 spiro atoms. The molecule has 2 aromatic rings. The fourth-order valence-electron chi connectivity index (χ4n) is 3.81. The van der Waals surface area contributed by atoms with Gasteiger partial charge in [0, 0.05) is 11.1 Å². The van der Waals surface area contributed by atoms with E-state index in [4.69, 9.17) is 14.2 Å². The van der Waals surface area contributed by atoms with E-state index >= 15 is 0 Å². The highest BCUT2D eigenvalue weighted by Crippen LogP contribution is 2.36. The van der Waals surface area contributed by atoms with Crippen molar-refractivity contribution in [2.75, 3.05) is 47.0 Å². The molecule has 3 N–H and O–H groups in total. The van der Waals surface area contributed by atoms with Gasteiger partial charge in [0.05, 0.1) is 20.8 Å². The second kappa shape index (κ2) is 9.66. The predicted octanol–water partition coefficient (Wildman–Crippen LogP) is 0.292. The first-order valence-electron chi connectivity index (χ1n) is 9.95. The Bertz CT molecular complexity index is 731. The number of phenols is 1. The van der Waals surface area contributed by atoms with Crippen molar-refractivity contribution in [3.63, 3.8) is 0 Å². The van der Waals surface area contributed by atoms with Crippen molar-refractivity contribution < 1.29 is 29.1 Å². The Morgan fingerprint density at radius 3 is 1.79 bits per heavy atom. The number of piperazine rings is 1. The third kappa shape index (κ3) is 5.09. The molecule has 3 rings (SSSR count). The zero-order chi connectivity index (χ0) is 19.9. The first-order valence-corrected chi connectivity index (χ1v) is 9.95. The van der Waals surface area contributed by atoms with Crippen molar-refractivity contribution in [1.82, 2.24) is 0 Å². The molecule has 1 fully saturated rings. The van der Waals surface area contributed by atoms with Gasteiger partial charge in [-0.25, -0.2) is 0 Å². The Morgan fingerprint density at radius 1 is 0.821 bits per heavy atom. The molecule has 0 bridgehead atoms. The van der Waals surface area contributed by atoms with Gasteiger partial charge in [0.1, 0.15) is 45.0 Å². The number of quaternary nitrogens is 2. The molecule has 0 atom stereocenters. The van der Waals surface area contributed by atoms with Crippen LogP contribution in [0.1, 0.15) is 18.1 Å². The third-order valence-corrected chi connectivity index (χ3v) is 5.35. The summed E-state index contributed by atoms with van der Waals surface area (Å²) in [5.74, 6) is 1.94. The van der Waals surface area contributed by atoms with E-state index < -0.39 is 0 Å². The highest BCUT2D eigenvalue weighted by molar-refractivity contribution is 5.52. The van der Waals surface area contributed by atoms with Crippen molar-refractivity contribution in [1.29, 1.82) is 0 Å². The molecular formula is C22H32N2O4+2. The fourth-order valence-corrected chi connectivity index (χ4v) is 3.81. The zero-order valence-electron chi connectivity index (χ0n) is 17.1. The first kappa shape index (κ1) is 20.3. The van der Waals surface area contributed by atoms with Crippen molar-refractivity contribution in [2.24, 2.45) is 0 Å². The van der Waals surface area contributed by atoms with Gasteiger partial charge in [-0.15, -0.1) is 0 Å². The molecule has 0 aromatic heterocycles. The minimum atomic E-state index is 0.0633. The molecule has 6 heteroatoms. The smallest absolute Gasteiger partial charge is 0.200 e. The summed E-state index contributed by atoms with van der Waals surface area (Å²) in [6.07, 6.45) is 0. The molecule has 0 aliphatic carbocycles. The van der Waals surface area contributed by atoms with E-state index in [2.05, 4.69) is 24.3 Å². The lowest BCUT2D eigenvalue weighted by Crippen LogP contribution is -3.27. The van der Waals surface area contributed by atoms with Crippen molar-refractivity contribution in [2.45, 2.75) is 20.0 Å². The Kier molecular flexibility index (Phi) is 7.01. The maximum absolute atomic E-state index is 10.1. The van der Waals surface area contributed by atoms with Crippen molar-refractivity contribution in [3.05, 3.63) is 47.5 Å². The topological polar surface area (TPSA) is 56.8 Å². The van der Waals surface area contributed by atoms with E-state index in [1.165, 1.54) is 5.56 Å². The minimum absolute atomic E-state index is 0.0633. The normalized spacial score (nSPS) is 19.2. The van der Waals surface area contributed by atoms with Gasteiger partial charge in [-0.3, -0.25) is 0 Å². The lowest BCUT2D eigenvalue weighted by molar-refractivity contribution is -1.02. The van der Waals surface area contributed by atoms with Gasteiger partial charge in [-0.1, -0.05) is 0 Å².